The van der Waals surface area contributed by atoms with Gasteiger partial charge >= 0.3 is 0 Å². The first kappa shape index (κ1) is 21.5. The molecule has 0 bridgehead atoms. The Hall–Kier alpha value is -1.77. The van der Waals surface area contributed by atoms with Gasteiger partial charge in [-0.3, -0.25) is 4.90 Å². The minimum atomic E-state index is -3.24. The quantitative estimate of drug-likeness (QED) is 0.725. The molecule has 0 atom stereocenters. The maximum Gasteiger partial charge on any atom is 0.214 e. The Morgan fingerprint density at radius 2 is 1.90 bits per heavy atom. The van der Waals surface area contributed by atoms with Crippen LogP contribution in [0.15, 0.2) is 30.5 Å². The van der Waals surface area contributed by atoms with Crippen molar-refractivity contribution in [2.45, 2.75) is 45.7 Å². The standard InChI is InChI=1S/C22H31FN4O2S/c1-4-25-12-13-27-20(18-6-5-7-19(23)14-18)15-24-21(27)22(25)8-10-26(11-9-22)30(28,29)16-17(2)3/h5-7,14-15,17H,4,8-13,16H2,1-3H3. The highest BCUT2D eigenvalue weighted by Gasteiger charge is 2.48. The van der Waals surface area contributed by atoms with Crippen LogP contribution in [-0.2, 0) is 22.1 Å². The van der Waals surface area contributed by atoms with Crippen LogP contribution in [0.5, 0.6) is 0 Å². The number of rotatable bonds is 5. The Kier molecular flexibility index (Phi) is 5.76. The monoisotopic (exact) mass is 434 g/mol. The summed E-state index contributed by atoms with van der Waals surface area (Å²) in [5.41, 5.74) is 1.47. The van der Waals surface area contributed by atoms with Crippen molar-refractivity contribution in [2.75, 3.05) is 31.9 Å². The lowest BCUT2D eigenvalue weighted by molar-refractivity contribution is 0.0100. The molecule has 0 N–H and O–H groups in total. The van der Waals surface area contributed by atoms with Crippen LogP contribution in [-0.4, -0.2) is 59.1 Å². The second-order valence-electron chi connectivity index (χ2n) is 8.81. The molecule has 1 spiro atoms. The second kappa shape index (κ2) is 8.05. The van der Waals surface area contributed by atoms with Crippen molar-refractivity contribution in [3.05, 3.63) is 42.1 Å². The number of aromatic nitrogens is 2. The summed E-state index contributed by atoms with van der Waals surface area (Å²) in [4.78, 5) is 7.25. The van der Waals surface area contributed by atoms with E-state index >= 15 is 0 Å². The zero-order valence-corrected chi connectivity index (χ0v) is 18.8. The summed E-state index contributed by atoms with van der Waals surface area (Å²) in [5.74, 6) is 1.03. The molecule has 1 saturated heterocycles. The zero-order chi connectivity index (χ0) is 21.5. The van der Waals surface area contributed by atoms with Crippen LogP contribution in [0.4, 0.5) is 4.39 Å². The average Bonchev–Trinajstić information content (AvgIpc) is 3.13. The molecule has 164 valence electrons. The average molecular weight is 435 g/mol. The number of likely N-dealkylation sites (N-methyl/N-ethyl adjacent to an activating group) is 1. The van der Waals surface area contributed by atoms with Gasteiger partial charge in [-0.2, -0.15) is 0 Å². The van der Waals surface area contributed by atoms with Crippen LogP contribution in [0.25, 0.3) is 11.3 Å². The Labute approximate surface area is 178 Å². The Morgan fingerprint density at radius 1 is 1.17 bits per heavy atom. The third kappa shape index (κ3) is 3.69. The van der Waals surface area contributed by atoms with E-state index in [0.29, 0.717) is 13.1 Å². The van der Waals surface area contributed by atoms with Crippen molar-refractivity contribution < 1.29 is 12.8 Å². The lowest BCUT2D eigenvalue weighted by Gasteiger charge is -2.50. The molecule has 0 aliphatic carbocycles. The van der Waals surface area contributed by atoms with E-state index in [1.807, 2.05) is 26.1 Å². The highest BCUT2D eigenvalue weighted by molar-refractivity contribution is 7.89. The third-order valence-electron chi connectivity index (χ3n) is 6.46. The lowest BCUT2D eigenvalue weighted by Crippen LogP contribution is -2.58. The summed E-state index contributed by atoms with van der Waals surface area (Å²) >= 11 is 0. The van der Waals surface area contributed by atoms with Gasteiger partial charge in [0.1, 0.15) is 11.6 Å². The van der Waals surface area contributed by atoms with Crippen molar-refractivity contribution >= 4 is 10.0 Å². The summed E-state index contributed by atoms with van der Waals surface area (Å²) in [6.07, 6.45) is 3.28. The molecular formula is C22H31FN4O2S. The number of piperidine rings is 1. The van der Waals surface area contributed by atoms with E-state index in [9.17, 15) is 12.8 Å². The molecule has 1 aromatic heterocycles. The van der Waals surface area contributed by atoms with E-state index < -0.39 is 10.0 Å². The maximum atomic E-state index is 13.8. The first-order valence-electron chi connectivity index (χ1n) is 10.8. The highest BCUT2D eigenvalue weighted by atomic mass is 32.2. The van der Waals surface area contributed by atoms with Crippen molar-refractivity contribution in [3.63, 3.8) is 0 Å². The van der Waals surface area contributed by atoms with E-state index in [4.69, 9.17) is 4.98 Å². The molecule has 2 aliphatic rings. The smallest absolute Gasteiger partial charge is 0.214 e. The molecule has 0 amide bonds. The molecule has 0 saturated carbocycles. The second-order valence-corrected chi connectivity index (χ2v) is 10.8. The van der Waals surface area contributed by atoms with Crippen molar-refractivity contribution in [3.8, 4) is 11.3 Å². The van der Waals surface area contributed by atoms with Crippen molar-refractivity contribution in [1.29, 1.82) is 0 Å². The largest absolute Gasteiger partial charge is 0.325 e. The summed E-state index contributed by atoms with van der Waals surface area (Å²) in [5, 5.41) is 0. The van der Waals surface area contributed by atoms with Crippen LogP contribution in [0.2, 0.25) is 0 Å². The van der Waals surface area contributed by atoms with Gasteiger partial charge in [0.15, 0.2) is 0 Å². The van der Waals surface area contributed by atoms with Gasteiger partial charge in [-0.1, -0.05) is 32.9 Å². The molecule has 0 unspecified atom stereocenters. The van der Waals surface area contributed by atoms with Gasteiger partial charge in [-0.25, -0.2) is 22.1 Å². The van der Waals surface area contributed by atoms with Gasteiger partial charge in [-0.05, 0) is 37.4 Å². The van der Waals surface area contributed by atoms with Gasteiger partial charge in [0.2, 0.25) is 10.0 Å². The fraction of sp³-hybridized carbons (Fsp3) is 0.591. The maximum absolute atomic E-state index is 13.8. The minimum Gasteiger partial charge on any atom is -0.325 e. The first-order valence-corrected chi connectivity index (χ1v) is 12.4. The number of imidazole rings is 1. The molecule has 2 aliphatic heterocycles. The number of fused-ring (bicyclic) bond motifs is 2. The van der Waals surface area contributed by atoms with Crippen LogP contribution >= 0.6 is 0 Å². The SMILES string of the molecule is CCN1CCn2c(-c3cccc(F)c3)cnc2C12CCN(S(=O)(=O)CC(C)C)CC2. The number of hydrogen-bond acceptors (Lipinski definition) is 4. The molecule has 4 rings (SSSR count). The van der Waals surface area contributed by atoms with Crippen molar-refractivity contribution in [2.24, 2.45) is 5.92 Å². The number of halogens is 1. The topological polar surface area (TPSA) is 58.4 Å². The normalized spacial score (nSPS) is 20.0. The number of sulfonamides is 1. The van der Waals surface area contributed by atoms with Gasteiger partial charge < -0.3 is 4.57 Å². The van der Waals surface area contributed by atoms with Gasteiger partial charge in [-0.15, -0.1) is 0 Å². The summed E-state index contributed by atoms with van der Waals surface area (Å²) < 4.78 is 43.1. The molecular weight excluding hydrogens is 403 g/mol. The van der Waals surface area contributed by atoms with Crippen LogP contribution in [0.3, 0.4) is 0 Å². The molecule has 8 heteroatoms. The van der Waals surface area contributed by atoms with E-state index in [1.165, 1.54) is 6.07 Å². The van der Waals surface area contributed by atoms with Crippen LogP contribution < -0.4 is 0 Å². The lowest BCUT2D eigenvalue weighted by atomic mass is 9.84. The van der Waals surface area contributed by atoms with Crippen LogP contribution in [0.1, 0.15) is 39.4 Å². The highest BCUT2D eigenvalue weighted by Crippen LogP contribution is 2.42. The van der Waals surface area contributed by atoms with E-state index in [-0.39, 0.29) is 23.0 Å². The fourth-order valence-corrected chi connectivity index (χ4v) is 6.88. The van der Waals surface area contributed by atoms with Gasteiger partial charge in [0, 0.05) is 31.7 Å². The molecule has 30 heavy (non-hydrogen) atoms. The fourth-order valence-electron chi connectivity index (χ4n) is 5.09. The molecule has 0 radical (unpaired) electrons. The number of nitrogens with zero attached hydrogens (tertiary/aromatic N) is 4. The number of hydrogen-bond donors (Lipinski definition) is 0. The van der Waals surface area contributed by atoms with Crippen LogP contribution in [0, 0.1) is 11.7 Å². The first-order chi connectivity index (χ1) is 14.3. The molecule has 1 aromatic carbocycles. The summed E-state index contributed by atoms with van der Waals surface area (Å²) in [6.45, 7) is 9.60. The minimum absolute atomic E-state index is 0.112. The predicted molar refractivity (Wildman–Crippen MR) is 116 cm³/mol. The van der Waals surface area contributed by atoms with E-state index in [2.05, 4.69) is 16.4 Å². The Morgan fingerprint density at radius 3 is 2.53 bits per heavy atom. The van der Waals surface area contributed by atoms with Gasteiger partial charge in [0.25, 0.3) is 0 Å². The molecule has 2 aromatic rings. The summed E-state index contributed by atoms with van der Waals surface area (Å²) in [6, 6.07) is 6.63. The van der Waals surface area contributed by atoms with E-state index in [0.717, 1.165) is 49.6 Å². The third-order valence-corrected chi connectivity index (χ3v) is 8.70. The Balaban J connectivity index is 1.66. The Bertz CT molecular complexity index is 1010. The molecule has 1 fully saturated rings. The molecule has 3 heterocycles. The number of benzene rings is 1. The van der Waals surface area contributed by atoms with Gasteiger partial charge in [0.05, 0.1) is 23.2 Å². The summed E-state index contributed by atoms with van der Waals surface area (Å²) in [7, 11) is -3.24. The molecule has 6 nitrogen and oxygen atoms in total. The zero-order valence-electron chi connectivity index (χ0n) is 18.0. The van der Waals surface area contributed by atoms with Crippen molar-refractivity contribution in [1.82, 2.24) is 18.8 Å². The van der Waals surface area contributed by atoms with E-state index in [1.54, 1.807) is 16.4 Å². The predicted octanol–water partition coefficient (Wildman–Crippen LogP) is 3.30.